The fourth-order valence-electron chi connectivity index (χ4n) is 1.62. The Kier molecular flexibility index (Phi) is 7.47. The SMILES string of the molecule is CC(C)NC(=O)COC(=O)[C@H](C)NS(=O)(=O)c1ccc(Cl)c(Cl)c1. The smallest absolute Gasteiger partial charge is 0.324 e. The third-order valence-corrected chi connectivity index (χ3v) is 4.96. The summed E-state index contributed by atoms with van der Waals surface area (Å²) < 4.78 is 31.3. The lowest BCUT2D eigenvalue weighted by Crippen LogP contribution is -2.41. The minimum absolute atomic E-state index is 0.0696. The maximum Gasteiger partial charge on any atom is 0.324 e. The minimum atomic E-state index is -4.00. The molecule has 24 heavy (non-hydrogen) atoms. The molecule has 1 aromatic rings. The van der Waals surface area contributed by atoms with E-state index in [0.717, 1.165) is 0 Å². The van der Waals surface area contributed by atoms with E-state index in [1.54, 1.807) is 13.8 Å². The number of benzene rings is 1. The first kappa shape index (κ1) is 20.7. The van der Waals surface area contributed by atoms with Gasteiger partial charge in [-0.25, -0.2) is 8.42 Å². The molecule has 1 atom stereocenters. The van der Waals surface area contributed by atoms with Crippen LogP contribution in [0.25, 0.3) is 0 Å². The van der Waals surface area contributed by atoms with E-state index in [1.807, 2.05) is 0 Å². The number of rotatable bonds is 7. The van der Waals surface area contributed by atoms with Crippen LogP contribution in [-0.4, -0.2) is 39.0 Å². The second kappa shape index (κ2) is 8.66. The van der Waals surface area contributed by atoms with Crippen molar-refractivity contribution in [2.24, 2.45) is 0 Å². The van der Waals surface area contributed by atoms with Crippen molar-refractivity contribution in [3.05, 3.63) is 28.2 Å². The summed E-state index contributed by atoms with van der Waals surface area (Å²) in [5.41, 5.74) is 0. The summed E-state index contributed by atoms with van der Waals surface area (Å²) in [6, 6.07) is 2.47. The average molecular weight is 397 g/mol. The van der Waals surface area contributed by atoms with Gasteiger partial charge in [-0.05, 0) is 39.0 Å². The number of hydrogen-bond donors (Lipinski definition) is 2. The van der Waals surface area contributed by atoms with Crippen LogP contribution in [0.3, 0.4) is 0 Å². The fourth-order valence-corrected chi connectivity index (χ4v) is 3.20. The predicted molar refractivity (Wildman–Crippen MR) is 90.5 cm³/mol. The molecule has 2 N–H and O–H groups in total. The Morgan fingerprint density at radius 3 is 2.33 bits per heavy atom. The number of nitrogens with one attached hydrogen (secondary N) is 2. The Morgan fingerprint density at radius 2 is 1.79 bits per heavy atom. The third kappa shape index (κ3) is 6.27. The third-order valence-electron chi connectivity index (χ3n) is 2.68. The van der Waals surface area contributed by atoms with E-state index in [0.29, 0.717) is 0 Å². The zero-order valence-electron chi connectivity index (χ0n) is 13.3. The Hall–Kier alpha value is -1.35. The van der Waals surface area contributed by atoms with Gasteiger partial charge in [0.05, 0.1) is 14.9 Å². The van der Waals surface area contributed by atoms with Gasteiger partial charge >= 0.3 is 5.97 Å². The summed E-state index contributed by atoms with van der Waals surface area (Å²) in [7, 11) is -4.00. The summed E-state index contributed by atoms with van der Waals surface area (Å²) in [4.78, 5) is 23.0. The summed E-state index contributed by atoms with van der Waals surface area (Å²) in [6.45, 7) is 4.33. The van der Waals surface area contributed by atoms with Crippen molar-refractivity contribution in [1.29, 1.82) is 0 Å². The molecule has 0 saturated carbocycles. The first-order chi connectivity index (χ1) is 11.0. The lowest BCUT2D eigenvalue weighted by atomic mass is 10.4. The first-order valence-electron chi connectivity index (χ1n) is 6.96. The maximum absolute atomic E-state index is 12.2. The van der Waals surface area contributed by atoms with Crippen LogP contribution in [0.15, 0.2) is 23.1 Å². The Morgan fingerprint density at radius 1 is 1.17 bits per heavy atom. The second-order valence-electron chi connectivity index (χ2n) is 5.25. The number of halogens is 2. The molecule has 134 valence electrons. The van der Waals surface area contributed by atoms with Crippen LogP contribution in [0.1, 0.15) is 20.8 Å². The van der Waals surface area contributed by atoms with E-state index in [2.05, 4.69) is 10.0 Å². The van der Waals surface area contributed by atoms with Crippen LogP contribution in [-0.2, 0) is 24.3 Å². The summed E-state index contributed by atoms with van der Waals surface area (Å²) in [5.74, 6) is -1.35. The topological polar surface area (TPSA) is 102 Å². The molecule has 0 spiro atoms. The van der Waals surface area contributed by atoms with Gasteiger partial charge in [-0.2, -0.15) is 4.72 Å². The van der Waals surface area contributed by atoms with Gasteiger partial charge in [-0.1, -0.05) is 23.2 Å². The first-order valence-corrected chi connectivity index (χ1v) is 9.20. The quantitative estimate of drug-likeness (QED) is 0.683. The molecule has 0 fully saturated rings. The summed E-state index contributed by atoms with van der Waals surface area (Å²) in [6.07, 6.45) is 0. The van der Waals surface area contributed by atoms with Crippen molar-refractivity contribution >= 4 is 45.1 Å². The molecule has 0 aliphatic carbocycles. The van der Waals surface area contributed by atoms with E-state index in [9.17, 15) is 18.0 Å². The highest BCUT2D eigenvalue weighted by atomic mass is 35.5. The summed E-state index contributed by atoms with van der Waals surface area (Å²) in [5, 5.41) is 2.82. The van der Waals surface area contributed by atoms with Gasteiger partial charge in [0, 0.05) is 6.04 Å². The molecule has 0 aromatic heterocycles. The number of carbonyl (C=O) groups excluding carboxylic acids is 2. The summed E-state index contributed by atoms with van der Waals surface area (Å²) >= 11 is 11.5. The molecule has 10 heteroatoms. The van der Waals surface area contributed by atoms with Gasteiger partial charge in [0.15, 0.2) is 6.61 Å². The highest BCUT2D eigenvalue weighted by Gasteiger charge is 2.24. The maximum atomic E-state index is 12.2. The number of esters is 1. The lowest BCUT2D eigenvalue weighted by molar-refractivity contribution is -0.149. The number of sulfonamides is 1. The lowest BCUT2D eigenvalue weighted by Gasteiger charge is -2.14. The molecule has 0 aliphatic heterocycles. The van der Waals surface area contributed by atoms with E-state index < -0.39 is 34.5 Å². The van der Waals surface area contributed by atoms with Crippen molar-refractivity contribution in [3.8, 4) is 0 Å². The van der Waals surface area contributed by atoms with Gasteiger partial charge in [-0.3, -0.25) is 9.59 Å². The number of ether oxygens (including phenoxy) is 1. The van der Waals surface area contributed by atoms with Gasteiger partial charge in [0.1, 0.15) is 6.04 Å². The second-order valence-corrected chi connectivity index (χ2v) is 7.78. The molecule has 0 aliphatic rings. The molecule has 7 nitrogen and oxygen atoms in total. The standard InChI is InChI=1S/C14H18Cl2N2O5S/c1-8(2)17-13(19)7-23-14(20)9(3)18-24(21,22)10-4-5-11(15)12(16)6-10/h4-6,8-9,18H,7H2,1-3H3,(H,17,19)/t9-/m0/s1. The molecule has 0 radical (unpaired) electrons. The van der Waals surface area contributed by atoms with Gasteiger partial charge < -0.3 is 10.1 Å². The zero-order chi connectivity index (χ0) is 18.5. The van der Waals surface area contributed by atoms with Crippen LogP contribution in [0.4, 0.5) is 0 Å². The van der Waals surface area contributed by atoms with Crippen LogP contribution in [0.5, 0.6) is 0 Å². The van der Waals surface area contributed by atoms with Crippen LogP contribution < -0.4 is 10.0 Å². The van der Waals surface area contributed by atoms with Gasteiger partial charge in [0.25, 0.3) is 5.91 Å². The number of hydrogen-bond acceptors (Lipinski definition) is 5. The van der Waals surface area contributed by atoms with Crippen molar-refractivity contribution in [2.75, 3.05) is 6.61 Å². The molecular formula is C14H18Cl2N2O5S. The highest BCUT2D eigenvalue weighted by Crippen LogP contribution is 2.24. The molecule has 0 heterocycles. The molecule has 1 amide bonds. The Bertz CT molecular complexity index is 722. The monoisotopic (exact) mass is 396 g/mol. The Labute approximate surface area is 150 Å². The van der Waals surface area contributed by atoms with Crippen LogP contribution >= 0.6 is 23.2 Å². The zero-order valence-corrected chi connectivity index (χ0v) is 15.6. The molecule has 0 unspecified atom stereocenters. The van der Waals surface area contributed by atoms with Crippen LogP contribution in [0.2, 0.25) is 10.0 Å². The predicted octanol–water partition coefficient (Wildman–Crippen LogP) is 1.73. The molecule has 1 aromatic carbocycles. The minimum Gasteiger partial charge on any atom is -0.454 e. The van der Waals surface area contributed by atoms with E-state index >= 15 is 0 Å². The molecule has 0 bridgehead atoms. The molecule has 0 saturated heterocycles. The van der Waals surface area contributed by atoms with E-state index in [-0.39, 0.29) is 21.0 Å². The van der Waals surface area contributed by atoms with Gasteiger partial charge in [0.2, 0.25) is 10.0 Å². The average Bonchev–Trinajstić information content (AvgIpc) is 2.46. The number of carbonyl (C=O) groups is 2. The van der Waals surface area contributed by atoms with Crippen molar-refractivity contribution in [3.63, 3.8) is 0 Å². The largest absolute Gasteiger partial charge is 0.454 e. The van der Waals surface area contributed by atoms with E-state index in [1.165, 1.54) is 25.1 Å². The molecular weight excluding hydrogens is 379 g/mol. The van der Waals surface area contributed by atoms with Gasteiger partial charge in [-0.15, -0.1) is 0 Å². The van der Waals surface area contributed by atoms with Crippen molar-refractivity contribution in [2.45, 2.75) is 37.8 Å². The molecule has 1 rings (SSSR count). The normalized spacial score (nSPS) is 12.8. The van der Waals surface area contributed by atoms with Crippen molar-refractivity contribution in [1.82, 2.24) is 10.0 Å². The van der Waals surface area contributed by atoms with E-state index in [4.69, 9.17) is 27.9 Å². The van der Waals surface area contributed by atoms with Crippen molar-refractivity contribution < 1.29 is 22.7 Å². The fraction of sp³-hybridized carbons (Fsp3) is 0.429. The highest BCUT2D eigenvalue weighted by molar-refractivity contribution is 7.89. The number of amides is 1. The van der Waals surface area contributed by atoms with Crippen LogP contribution in [0, 0.1) is 0 Å². The Balaban J connectivity index is 2.68.